The highest BCUT2D eigenvalue weighted by Gasteiger charge is 2.10. The van der Waals surface area contributed by atoms with Gasteiger partial charge in [-0.15, -0.1) is 0 Å². The molecular weight excluding hydrogens is 212 g/mol. The average Bonchev–Trinajstić information content (AvgIpc) is 2.38. The van der Waals surface area contributed by atoms with E-state index in [1.807, 2.05) is 18.2 Å². The molecule has 0 aliphatic heterocycles. The molecule has 90 valence electrons. The quantitative estimate of drug-likeness (QED) is 0.851. The summed E-state index contributed by atoms with van der Waals surface area (Å²) in [4.78, 5) is 10.9. The maximum absolute atomic E-state index is 5.66. The van der Waals surface area contributed by atoms with Gasteiger partial charge in [0.1, 0.15) is 12.1 Å². The van der Waals surface area contributed by atoms with Crippen molar-refractivity contribution in [2.45, 2.75) is 13.3 Å². The second-order valence-corrected chi connectivity index (χ2v) is 3.99. The first kappa shape index (κ1) is 11.8. The Morgan fingerprint density at radius 3 is 2.76 bits per heavy atom. The Labute approximate surface area is 101 Å². The van der Waals surface area contributed by atoms with Crippen LogP contribution >= 0.6 is 0 Å². The SMILES string of the molecule is CCCN(CCN)c1ncnc2ccccc12. The summed E-state index contributed by atoms with van der Waals surface area (Å²) < 4.78 is 0. The minimum Gasteiger partial charge on any atom is -0.355 e. The van der Waals surface area contributed by atoms with Gasteiger partial charge in [0.2, 0.25) is 0 Å². The lowest BCUT2D eigenvalue weighted by Crippen LogP contribution is -2.31. The molecule has 1 heterocycles. The normalized spacial score (nSPS) is 10.7. The van der Waals surface area contributed by atoms with Crippen LogP contribution in [-0.2, 0) is 0 Å². The first-order chi connectivity index (χ1) is 8.36. The molecule has 1 aromatic carbocycles. The standard InChI is InChI=1S/C13H18N4/c1-2-8-17(9-7-14)13-11-5-3-4-6-12(11)15-10-16-13/h3-6,10H,2,7-9,14H2,1H3. The molecular formula is C13H18N4. The predicted molar refractivity (Wildman–Crippen MR) is 71.1 cm³/mol. The number of rotatable bonds is 5. The summed E-state index contributed by atoms with van der Waals surface area (Å²) in [6.07, 6.45) is 2.70. The van der Waals surface area contributed by atoms with Gasteiger partial charge in [-0.2, -0.15) is 0 Å². The van der Waals surface area contributed by atoms with E-state index in [0.717, 1.165) is 36.2 Å². The molecule has 4 heteroatoms. The van der Waals surface area contributed by atoms with E-state index >= 15 is 0 Å². The number of hydrogen-bond acceptors (Lipinski definition) is 4. The molecule has 0 aliphatic carbocycles. The lowest BCUT2D eigenvalue weighted by atomic mass is 10.2. The van der Waals surface area contributed by atoms with Crippen molar-refractivity contribution in [3.63, 3.8) is 0 Å². The number of nitrogens with zero attached hydrogens (tertiary/aromatic N) is 3. The number of benzene rings is 1. The van der Waals surface area contributed by atoms with Crippen molar-refractivity contribution in [2.75, 3.05) is 24.5 Å². The lowest BCUT2D eigenvalue weighted by Gasteiger charge is -2.23. The Bertz CT molecular complexity index is 472. The zero-order valence-corrected chi connectivity index (χ0v) is 10.1. The van der Waals surface area contributed by atoms with Gasteiger partial charge < -0.3 is 10.6 Å². The number of para-hydroxylation sites is 1. The van der Waals surface area contributed by atoms with E-state index in [1.54, 1.807) is 6.33 Å². The van der Waals surface area contributed by atoms with Crippen molar-refractivity contribution in [1.29, 1.82) is 0 Å². The van der Waals surface area contributed by atoms with E-state index < -0.39 is 0 Å². The van der Waals surface area contributed by atoms with Crippen LogP contribution in [0.2, 0.25) is 0 Å². The molecule has 0 bridgehead atoms. The van der Waals surface area contributed by atoms with Crippen LogP contribution in [-0.4, -0.2) is 29.6 Å². The first-order valence-corrected chi connectivity index (χ1v) is 6.01. The third kappa shape index (κ3) is 2.53. The second-order valence-electron chi connectivity index (χ2n) is 3.99. The maximum atomic E-state index is 5.66. The summed E-state index contributed by atoms with van der Waals surface area (Å²) in [5.41, 5.74) is 6.64. The monoisotopic (exact) mass is 230 g/mol. The molecule has 1 aromatic heterocycles. The highest BCUT2D eigenvalue weighted by atomic mass is 15.2. The summed E-state index contributed by atoms with van der Waals surface area (Å²) in [5.74, 6) is 0.989. The van der Waals surface area contributed by atoms with Crippen LogP contribution in [0.1, 0.15) is 13.3 Å². The summed E-state index contributed by atoms with van der Waals surface area (Å²) in [5, 5.41) is 1.09. The molecule has 0 saturated heterocycles. The molecule has 0 unspecified atom stereocenters. The van der Waals surface area contributed by atoms with Gasteiger partial charge in [0.25, 0.3) is 0 Å². The number of anilines is 1. The average molecular weight is 230 g/mol. The Morgan fingerprint density at radius 2 is 2.00 bits per heavy atom. The van der Waals surface area contributed by atoms with Crippen molar-refractivity contribution < 1.29 is 0 Å². The highest BCUT2D eigenvalue weighted by Crippen LogP contribution is 2.22. The number of nitrogens with two attached hydrogens (primary N) is 1. The first-order valence-electron chi connectivity index (χ1n) is 6.01. The van der Waals surface area contributed by atoms with E-state index in [9.17, 15) is 0 Å². The minimum atomic E-state index is 0.637. The van der Waals surface area contributed by atoms with Gasteiger partial charge in [0.05, 0.1) is 5.52 Å². The fourth-order valence-electron chi connectivity index (χ4n) is 1.99. The van der Waals surface area contributed by atoms with E-state index in [0.29, 0.717) is 6.54 Å². The Morgan fingerprint density at radius 1 is 1.18 bits per heavy atom. The molecule has 2 rings (SSSR count). The second kappa shape index (κ2) is 5.59. The van der Waals surface area contributed by atoms with E-state index in [2.05, 4.69) is 27.9 Å². The van der Waals surface area contributed by atoms with E-state index in [-0.39, 0.29) is 0 Å². The van der Waals surface area contributed by atoms with E-state index in [4.69, 9.17) is 5.73 Å². The molecule has 0 saturated carbocycles. The van der Waals surface area contributed by atoms with Gasteiger partial charge in [-0.1, -0.05) is 19.1 Å². The summed E-state index contributed by atoms with van der Waals surface area (Å²) in [7, 11) is 0. The van der Waals surface area contributed by atoms with Crippen molar-refractivity contribution in [2.24, 2.45) is 5.73 Å². The van der Waals surface area contributed by atoms with Crippen LogP contribution in [0.3, 0.4) is 0 Å². The van der Waals surface area contributed by atoms with Gasteiger partial charge in [0.15, 0.2) is 0 Å². The van der Waals surface area contributed by atoms with E-state index in [1.165, 1.54) is 0 Å². The predicted octanol–water partition coefficient (Wildman–Crippen LogP) is 1.80. The topological polar surface area (TPSA) is 55.0 Å². The largest absolute Gasteiger partial charge is 0.355 e. The number of fused-ring (bicyclic) bond motifs is 1. The van der Waals surface area contributed by atoms with Crippen molar-refractivity contribution >= 4 is 16.7 Å². The number of aromatic nitrogens is 2. The molecule has 2 aromatic rings. The van der Waals surface area contributed by atoms with Crippen LogP contribution < -0.4 is 10.6 Å². The summed E-state index contributed by atoms with van der Waals surface area (Å²) >= 11 is 0. The van der Waals surface area contributed by atoms with Crippen LogP contribution in [0, 0.1) is 0 Å². The summed E-state index contributed by atoms with van der Waals surface area (Å²) in [6, 6.07) is 8.07. The molecule has 0 amide bonds. The van der Waals surface area contributed by atoms with Gasteiger partial charge in [-0.25, -0.2) is 9.97 Å². The zero-order valence-electron chi connectivity index (χ0n) is 10.1. The number of hydrogen-bond donors (Lipinski definition) is 1. The summed E-state index contributed by atoms with van der Waals surface area (Å²) in [6.45, 7) is 4.60. The third-order valence-electron chi connectivity index (χ3n) is 2.71. The molecule has 4 nitrogen and oxygen atoms in total. The van der Waals surface area contributed by atoms with Gasteiger partial charge in [0, 0.05) is 25.0 Å². The van der Waals surface area contributed by atoms with Gasteiger partial charge in [-0.05, 0) is 18.6 Å². The van der Waals surface area contributed by atoms with Crippen LogP contribution in [0.25, 0.3) is 10.9 Å². The molecule has 0 fully saturated rings. The lowest BCUT2D eigenvalue weighted by molar-refractivity contribution is 0.753. The van der Waals surface area contributed by atoms with Crippen LogP contribution in [0.5, 0.6) is 0 Å². The smallest absolute Gasteiger partial charge is 0.139 e. The van der Waals surface area contributed by atoms with Crippen molar-refractivity contribution in [1.82, 2.24) is 9.97 Å². The van der Waals surface area contributed by atoms with Crippen molar-refractivity contribution in [3.8, 4) is 0 Å². The highest BCUT2D eigenvalue weighted by molar-refractivity contribution is 5.89. The zero-order chi connectivity index (χ0) is 12.1. The van der Waals surface area contributed by atoms with Crippen LogP contribution in [0.4, 0.5) is 5.82 Å². The third-order valence-corrected chi connectivity index (χ3v) is 2.71. The van der Waals surface area contributed by atoms with Crippen molar-refractivity contribution in [3.05, 3.63) is 30.6 Å². The van der Waals surface area contributed by atoms with Gasteiger partial charge >= 0.3 is 0 Å². The Kier molecular flexibility index (Phi) is 3.88. The Balaban J connectivity index is 2.44. The van der Waals surface area contributed by atoms with Gasteiger partial charge in [-0.3, -0.25) is 0 Å². The maximum Gasteiger partial charge on any atom is 0.139 e. The molecule has 0 radical (unpaired) electrons. The molecule has 0 aliphatic rings. The molecule has 17 heavy (non-hydrogen) atoms. The molecule has 2 N–H and O–H groups in total. The minimum absolute atomic E-state index is 0.637. The Hall–Kier alpha value is -1.68. The fraction of sp³-hybridized carbons (Fsp3) is 0.385. The molecule has 0 atom stereocenters. The van der Waals surface area contributed by atoms with Crippen LogP contribution in [0.15, 0.2) is 30.6 Å². The molecule has 0 spiro atoms. The fourth-order valence-corrected chi connectivity index (χ4v) is 1.99.